The first-order valence-corrected chi connectivity index (χ1v) is 18.7. The maximum absolute atomic E-state index is 11.4. The summed E-state index contributed by atoms with van der Waals surface area (Å²) in [6, 6.07) is 9.60. The number of ether oxygens (including phenoxy) is 4. The zero-order chi connectivity index (χ0) is 31.1. The van der Waals surface area contributed by atoms with Gasteiger partial charge >= 0.3 is 7.82 Å². The number of phosphoric acid groups is 1. The van der Waals surface area contributed by atoms with Crippen molar-refractivity contribution in [1.29, 1.82) is 0 Å². The molecule has 9 heteroatoms. The minimum atomic E-state index is -4.55. The molecule has 8 nitrogen and oxygen atoms in total. The average Bonchev–Trinajstić information content (AvgIpc) is 2.99. The molecule has 0 aliphatic heterocycles. The SMILES string of the molecule is CCCCCCCCCCCCCCCCCCCCC(COCCOCCOCCOc1ccccc1)OP(=O)(O)O. The summed E-state index contributed by atoms with van der Waals surface area (Å²) in [4.78, 5) is 18.5. The first kappa shape index (κ1) is 40.0. The first-order chi connectivity index (χ1) is 21.0. The zero-order valence-corrected chi connectivity index (χ0v) is 28.0. The van der Waals surface area contributed by atoms with Gasteiger partial charge in [-0.3, -0.25) is 4.52 Å². The van der Waals surface area contributed by atoms with Crippen molar-refractivity contribution in [3.63, 3.8) is 0 Å². The Bertz CT molecular complexity index is 745. The van der Waals surface area contributed by atoms with Gasteiger partial charge in [-0.2, -0.15) is 0 Å². The van der Waals surface area contributed by atoms with Crippen molar-refractivity contribution in [1.82, 2.24) is 0 Å². The molecule has 0 saturated heterocycles. The maximum Gasteiger partial charge on any atom is 0.469 e. The second-order valence-corrected chi connectivity index (χ2v) is 12.7. The fourth-order valence-corrected chi connectivity index (χ4v) is 5.58. The molecule has 0 aromatic heterocycles. The van der Waals surface area contributed by atoms with Crippen LogP contribution in [0.5, 0.6) is 5.75 Å². The summed E-state index contributed by atoms with van der Waals surface area (Å²) < 4.78 is 38.4. The number of rotatable bonds is 33. The Morgan fingerprint density at radius 2 is 1.00 bits per heavy atom. The van der Waals surface area contributed by atoms with E-state index in [2.05, 4.69) is 6.92 Å². The second kappa shape index (κ2) is 29.7. The van der Waals surface area contributed by atoms with Crippen LogP contribution in [0.25, 0.3) is 0 Å². The largest absolute Gasteiger partial charge is 0.491 e. The number of para-hydroxylation sites is 1. The molecular weight excluding hydrogens is 567 g/mol. The van der Waals surface area contributed by atoms with Crippen molar-refractivity contribution in [2.75, 3.05) is 46.2 Å². The maximum atomic E-state index is 11.4. The third-order valence-corrected chi connectivity index (χ3v) is 8.03. The van der Waals surface area contributed by atoms with E-state index in [0.717, 1.165) is 25.0 Å². The molecule has 0 bridgehead atoms. The highest BCUT2D eigenvalue weighted by atomic mass is 31.2. The van der Waals surface area contributed by atoms with Crippen LogP contribution in [0.4, 0.5) is 0 Å². The average molecular weight is 631 g/mol. The van der Waals surface area contributed by atoms with Crippen LogP contribution in [-0.4, -0.2) is 62.1 Å². The normalized spacial score (nSPS) is 12.5. The lowest BCUT2D eigenvalue weighted by Gasteiger charge is -2.18. The van der Waals surface area contributed by atoms with Crippen LogP contribution < -0.4 is 4.74 Å². The molecule has 0 saturated carbocycles. The number of phosphoric ester groups is 1. The van der Waals surface area contributed by atoms with Gasteiger partial charge in [0.1, 0.15) is 12.4 Å². The molecule has 43 heavy (non-hydrogen) atoms. The van der Waals surface area contributed by atoms with Gasteiger partial charge in [-0.15, -0.1) is 0 Å². The van der Waals surface area contributed by atoms with Crippen molar-refractivity contribution in [3.8, 4) is 5.75 Å². The van der Waals surface area contributed by atoms with E-state index in [4.69, 9.17) is 23.5 Å². The molecule has 0 fully saturated rings. The Labute approximate surface area is 262 Å². The van der Waals surface area contributed by atoms with Crippen molar-refractivity contribution in [2.45, 2.75) is 135 Å². The van der Waals surface area contributed by atoms with Gasteiger partial charge in [0.05, 0.1) is 45.7 Å². The molecule has 0 radical (unpaired) electrons. The van der Waals surface area contributed by atoms with E-state index in [-0.39, 0.29) is 6.61 Å². The monoisotopic (exact) mass is 630 g/mol. The number of benzene rings is 1. The molecule has 0 heterocycles. The highest BCUT2D eigenvalue weighted by molar-refractivity contribution is 7.46. The summed E-state index contributed by atoms with van der Waals surface area (Å²) in [5, 5.41) is 0. The summed E-state index contributed by atoms with van der Waals surface area (Å²) in [6.07, 6.45) is 23.5. The van der Waals surface area contributed by atoms with Crippen molar-refractivity contribution in [2.24, 2.45) is 0 Å². The summed E-state index contributed by atoms with van der Waals surface area (Å²) in [5.41, 5.74) is 0. The standard InChI is InChI=1S/C34H63O8P/c1-2-3-4-5-6-7-8-9-10-11-12-13-14-15-16-17-18-20-25-34(42-43(35,36)37)32-40-29-28-38-26-27-39-30-31-41-33-23-21-19-22-24-33/h19,21-24,34H,2-18,20,25-32H2,1H3,(H2,35,36,37). The van der Waals surface area contributed by atoms with Gasteiger partial charge < -0.3 is 28.7 Å². The lowest BCUT2D eigenvalue weighted by Crippen LogP contribution is -2.21. The molecule has 1 atom stereocenters. The van der Waals surface area contributed by atoms with Crippen molar-refractivity contribution < 1.29 is 37.8 Å². The van der Waals surface area contributed by atoms with Crippen LogP contribution in [-0.2, 0) is 23.3 Å². The highest BCUT2D eigenvalue weighted by Gasteiger charge is 2.22. The number of unbranched alkanes of at least 4 members (excludes halogenated alkanes) is 17. The highest BCUT2D eigenvalue weighted by Crippen LogP contribution is 2.38. The van der Waals surface area contributed by atoms with Crippen LogP contribution in [0.15, 0.2) is 30.3 Å². The Morgan fingerprint density at radius 3 is 1.47 bits per heavy atom. The molecule has 0 aliphatic rings. The molecule has 1 unspecified atom stereocenters. The lowest BCUT2D eigenvalue weighted by atomic mass is 10.0. The minimum absolute atomic E-state index is 0.140. The summed E-state index contributed by atoms with van der Waals surface area (Å²) in [7, 11) is -4.55. The smallest absolute Gasteiger partial charge is 0.469 e. The predicted octanol–water partition coefficient (Wildman–Crippen LogP) is 9.02. The van der Waals surface area contributed by atoms with Crippen LogP contribution in [0.3, 0.4) is 0 Å². The van der Waals surface area contributed by atoms with E-state index in [1.807, 2.05) is 30.3 Å². The summed E-state index contributed by atoms with van der Waals surface area (Å²) in [5.74, 6) is 0.820. The van der Waals surface area contributed by atoms with Crippen LogP contribution >= 0.6 is 7.82 Å². The third-order valence-electron chi connectivity index (χ3n) is 7.45. The quantitative estimate of drug-likeness (QED) is 0.0586. The Morgan fingerprint density at radius 1 is 0.581 bits per heavy atom. The first-order valence-electron chi connectivity index (χ1n) is 17.2. The summed E-state index contributed by atoms with van der Waals surface area (Å²) >= 11 is 0. The fourth-order valence-electron chi connectivity index (χ4n) is 5.02. The molecule has 0 amide bonds. The fraction of sp³-hybridized carbons (Fsp3) is 0.824. The molecule has 2 N–H and O–H groups in total. The molecule has 0 aliphatic carbocycles. The van der Waals surface area contributed by atoms with Gasteiger partial charge in [0.25, 0.3) is 0 Å². The zero-order valence-electron chi connectivity index (χ0n) is 27.1. The molecule has 1 aromatic carbocycles. The van der Waals surface area contributed by atoms with Gasteiger partial charge in [0.15, 0.2) is 0 Å². The third kappa shape index (κ3) is 29.5. The van der Waals surface area contributed by atoms with Gasteiger partial charge in [0, 0.05) is 0 Å². The molecule has 1 aromatic rings. The topological polar surface area (TPSA) is 104 Å². The van der Waals surface area contributed by atoms with E-state index >= 15 is 0 Å². The van der Waals surface area contributed by atoms with E-state index in [0.29, 0.717) is 46.1 Å². The number of hydrogen-bond donors (Lipinski definition) is 2. The van der Waals surface area contributed by atoms with Crippen molar-refractivity contribution >= 4 is 7.82 Å². The van der Waals surface area contributed by atoms with Crippen LogP contribution in [0, 0.1) is 0 Å². The summed E-state index contributed by atoms with van der Waals surface area (Å²) in [6.45, 7) is 4.99. The molecule has 252 valence electrons. The lowest BCUT2D eigenvalue weighted by molar-refractivity contribution is -0.0136. The van der Waals surface area contributed by atoms with Gasteiger partial charge in [-0.25, -0.2) is 4.57 Å². The Hall–Kier alpha value is -0.990. The van der Waals surface area contributed by atoms with E-state index in [1.54, 1.807) is 0 Å². The molecule has 1 rings (SSSR count). The van der Waals surface area contributed by atoms with E-state index < -0.39 is 13.9 Å². The van der Waals surface area contributed by atoms with Crippen LogP contribution in [0.1, 0.15) is 129 Å². The van der Waals surface area contributed by atoms with Gasteiger partial charge in [0.2, 0.25) is 0 Å². The number of hydrogen-bond acceptors (Lipinski definition) is 6. The van der Waals surface area contributed by atoms with Gasteiger partial charge in [-0.05, 0) is 18.6 Å². The Balaban J connectivity index is 1.90. The molecule has 0 spiro atoms. The van der Waals surface area contributed by atoms with Crippen LogP contribution in [0.2, 0.25) is 0 Å². The van der Waals surface area contributed by atoms with Gasteiger partial charge in [-0.1, -0.05) is 141 Å². The Kier molecular flexibility index (Phi) is 27.7. The predicted molar refractivity (Wildman–Crippen MR) is 175 cm³/mol. The molecular formula is C34H63O8P. The minimum Gasteiger partial charge on any atom is -0.491 e. The van der Waals surface area contributed by atoms with E-state index in [1.165, 1.54) is 96.3 Å². The van der Waals surface area contributed by atoms with E-state index in [9.17, 15) is 14.4 Å². The second-order valence-electron chi connectivity index (χ2n) is 11.5. The van der Waals surface area contributed by atoms with Crippen molar-refractivity contribution in [3.05, 3.63) is 30.3 Å².